The Balaban J connectivity index is 2.19. The summed E-state index contributed by atoms with van der Waals surface area (Å²) in [7, 11) is 0. The fourth-order valence-corrected chi connectivity index (χ4v) is 1.38. The zero-order chi connectivity index (χ0) is 12.3. The number of hydrogen-bond donors (Lipinski definition) is 1. The van der Waals surface area contributed by atoms with E-state index in [0.29, 0.717) is 25.6 Å². The van der Waals surface area contributed by atoms with Crippen molar-refractivity contribution < 1.29 is 14.4 Å². The lowest BCUT2D eigenvalue weighted by atomic mass is 10.3. The van der Waals surface area contributed by atoms with Gasteiger partial charge >= 0.3 is 0 Å². The molecule has 1 aromatic rings. The normalized spacial score (nSPS) is 15.1. The van der Waals surface area contributed by atoms with Gasteiger partial charge in [0.25, 0.3) is 5.69 Å². The predicted octanol–water partition coefficient (Wildman–Crippen LogP) is 1.20. The quantitative estimate of drug-likeness (QED) is 0.613. The first kappa shape index (κ1) is 11.6. The molecule has 7 nitrogen and oxygen atoms in total. The lowest BCUT2D eigenvalue weighted by molar-refractivity contribution is -0.385. The molecule has 0 radical (unpaired) electrons. The second kappa shape index (κ2) is 4.96. The average molecular weight is 239 g/mol. The van der Waals surface area contributed by atoms with Gasteiger partial charge in [0, 0.05) is 6.54 Å². The number of ether oxygens (including phenoxy) is 2. The summed E-state index contributed by atoms with van der Waals surface area (Å²) >= 11 is 0. The van der Waals surface area contributed by atoms with Gasteiger partial charge in [0.15, 0.2) is 0 Å². The highest BCUT2D eigenvalue weighted by Crippen LogP contribution is 2.23. The van der Waals surface area contributed by atoms with E-state index >= 15 is 0 Å². The highest BCUT2D eigenvalue weighted by atomic mass is 16.6. The van der Waals surface area contributed by atoms with Crippen LogP contribution in [-0.2, 0) is 4.74 Å². The number of anilines is 1. The maximum Gasteiger partial charge on any atom is 0.278 e. The maximum atomic E-state index is 10.7. The molecule has 0 spiro atoms. The third-order valence-corrected chi connectivity index (χ3v) is 2.25. The summed E-state index contributed by atoms with van der Waals surface area (Å²) < 4.78 is 10.4. The minimum atomic E-state index is -0.466. The molecule has 0 amide bonds. The molecule has 7 heteroatoms. The Bertz CT molecular complexity index is 420. The molecule has 0 aliphatic carbocycles. The van der Waals surface area contributed by atoms with E-state index in [0.717, 1.165) is 0 Å². The molecule has 0 bridgehead atoms. The predicted molar refractivity (Wildman–Crippen MR) is 60.3 cm³/mol. The molecule has 1 saturated heterocycles. The van der Waals surface area contributed by atoms with Crippen molar-refractivity contribution in [3.63, 3.8) is 0 Å². The summed E-state index contributed by atoms with van der Waals surface area (Å²) in [6.45, 7) is 3.53. The molecule has 1 aromatic heterocycles. The zero-order valence-corrected chi connectivity index (χ0v) is 9.38. The van der Waals surface area contributed by atoms with Crippen molar-refractivity contribution in [3.05, 3.63) is 22.2 Å². The van der Waals surface area contributed by atoms with Crippen molar-refractivity contribution in [3.8, 4) is 5.88 Å². The first-order valence-electron chi connectivity index (χ1n) is 5.34. The molecule has 1 aliphatic rings. The Morgan fingerprint density at radius 3 is 2.94 bits per heavy atom. The van der Waals surface area contributed by atoms with Crippen LogP contribution in [0.25, 0.3) is 0 Å². The largest absolute Gasteiger partial charge is 0.469 e. The van der Waals surface area contributed by atoms with Crippen LogP contribution in [0.1, 0.15) is 6.92 Å². The summed E-state index contributed by atoms with van der Waals surface area (Å²) in [5.41, 5.74) is -0.0359. The van der Waals surface area contributed by atoms with Gasteiger partial charge in [0.1, 0.15) is 11.9 Å². The minimum Gasteiger partial charge on any atom is -0.469 e. The first-order valence-corrected chi connectivity index (χ1v) is 5.34. The number of rotatable bonds is 5. The molecule has 17 heavy (non-hydrogen) atoms. The third kappa shape index (κ3) is 2.82. The Morgan fingerprint density at radius 2 is 2.41 bits per heavy atom. The van der Waals surface area contributed by atoms with Crippen LogP contribution >= 0.6 is 0 Å². The molecule has 1 fully saturated rings. The molecule has 0 atom stereocenters. The SMILES string of the molecule is CCNc1cc([N+](=O)[O-])cc(OC2COC2)n1. The van der Waals surface area contributed by atoms with Crippen molar-refractivity contribution in [1.82, 2.24) is 4.98 Å². The summed E-state index contributed by atoms with van der Waals surface area (Å²) in [5.74, 6) is 0.695. The maximum absolute atomic E-state index is 10.7. The number of nitrogens with zero attached hydrogens (tertiary/aromatic N) is 2. The molecule has 0 unspecified atom stereocenters. The van der Waals surface area contributed by atoms with Crippen molar-refractivity contribution in [2.75, 3.05) is 25.1 Å². The molecule has 0 saturated carbocycles. The van der Waals surface area contributed by atoms with E-state index in [2.05, 4.69) is 10.3 Å². The van der Waals surface area contributed by atoms with E-state index in [1.54, 1.807) is 0 Å². The van der Waals surface area contributed by atoms with E-state index in [-0.39, 0.29) is 17.7 Å². The van der Waals surface area contributed by atoms with Crippen molar-refractivity contribution in [2.24, 2.45) is 0 Å². The fraction of sp³-hybridized carbons (Fsp3) is 0.500. The molecule has 2 rings (SSSR count). The molecule has 2 heterocycles. The Kier molecular flexibility index (Phi) is 3.38. The Hall–Kier alpha value is -1.89. The molecule has 0 aromatic carbocycles. The van der Waals surface area contributed by atoms with Gasteiger partial charge in [0.05, 0.1) is 30.3 Å². The third-order valence-electron chi connectivity index (χ3n) is 2.25. The van der Waals surface area contributed by atoms with Crippen LogP contribution in [-0.4, -0.2) is 35.8 Å². The number of nitro groups is 1. The van der Waals surface area contributed by atoms with Crippen molar-refractivity contribution >= 4 is 11.5 Å². The van der Waals surface area contributed by atoms with Gasteiger partial charge in [-0.2, -0.15) is 4.98 Å². The Morgan fingerprint density at radius 1 is 1.65 bits per heavy atom. The monoisotopic (exact) mass is 239 g/mol. The number of hydrogen-bond acceptors (Lipinski definition) is 6. The van der Waals surface area contributed by atoms with Crippen LogP contribution in [0.15, 0.2) is 12.1 Å². The molecule has 1 aliphatic heterocycles. The number of nitrogens with one attached hydrogen (secondary N) is 1. The minimum absolute atomic E-state index is 0.0359. The number of pyridine rings is 1. The molecular weight excluding hydrogens is 226 g/mol. The van der Waals surface area contributed by atoms with Crippen LogP contribution < -0.4 is 10.1 Å². The van der Waals surface area contributed by atoms with Crippen molar-refractivity contribution in [1.29, 1.82) is 0 Å². The molecule has 1 N–H and O–H groups in total. The van der Waals surface area contributed by atoms with E-state index in [4.69, 9.17) is 9.47 Å². The first-order chi connectivity index (χ1) is 8.19. The van der Waals surface area contributed by atoms with Crippen molar-refractivity contribution in [2.45, 2.75) is 13.0 Å². The second-order valence-corrected chi connectivity index (χ2v) is 3.61. The standard InChI is InChI=1S/C10H13N3O4/c1-2-11-9-3-7(13(14)15)4-10(12-9)17-8-5-16-6-8/h3-4,8H,2,5-6H2,1H3,(H,11,12). The summed E-state index contributed by atoms with van der Waals surface area (Å²) in [4.78, 5) is 14.4. The highest BCUT2D eigenvalue weighted by molar-refractivity contribution is 5.48. The van der Waals surface area contributed by atoms with Gasteiger partial charge in [-0.3, -0.25) is 10.1 Å². The summed E-state index contributed by atoms with van der Waals surface area (Å²) in [6.07, 6.45) is -0.0565. The van der Waals surface area contributed by atoms with Crippen LogP contribution in [0, 0.1) is 10.1 Å². The van der Waals surface area contributed by atoms with Gasteiger partial charge in [0.2, 0.25) is 5.88 Å². The molecular formula is C10H13N3O4. The smallest absolute Gasteiger partial charge is 0.278 e. The van der Waals surface area contributed by atoms with E-state index in [9.17, 15) is 10.1 Å². The van der Waals surface area contributed by atoms with Crippen LogP contribution in [0.3, 0.4) is 0 Å². The van der Waals surface area contributed by atoms with Gasteiger partial charge in [-0.05, 0) is 6.92 Å². The van der Waals surface area contributed by atoms with E-state index < -0.39 is 4.92 Å². The summed E-state index contributed by atoms with van der Waals surface area (Å²) in [5, 5.41) is 13.7. The van der Waals surface area contributed by atoms with Crippen LogP contribution in [0.4, 0.5) is 11.5 Å². The number of aromatic nitrogens is 1. The van der Waals surface area contributed by atoms with Gasteiger partial charge in [-0.15, -0.1) is 0 Å². The van der Waals surface area contributed by atoms with Crippen LogP contribution in [0.2, 0.25) is 0 Å². The lowest BCUT2D eigenvalue weighted by Crippen LogP contribution is -2.38. The fourth-order valence-electron chi connectivity index (χ4n) is 1.38. The zero-order valence-electron chi connectivity index (χ0n) is 9.38. The second-order valence-electron chi connectivity index (χ2n) is 3.61. The molecule has 92 valence electrons. The average Bonchev–Trinajstić information content (AvgIpc) is 2.24. The van der Waals surface area contributed by atoms with Gasteiger partial charge in [-0.1, -0.05) is 0 Å². The lowest BCUT2D eigenvalue weighted by Gasteiger charge is -2.26. The van der Waals surface area contributed by atoms with E-state index in [1.165, 1.54) is 12.1 Å². The Labute approximate surface area is 97.9 Å². The van der Waals surface area contributed by atoms with E-state index in [1.807, 2.05) is 6.92 Å². The van der Waals surface area contributed by atoms with Crippen LogP contribution in [0.5, 0.6) is 5.88 Å². The van der Waals surface area contributed by atoms with Gasteiger partial charge < -0.3 is 14.8 Å². The summed E-state index contributed by atoms with van der Waals surface area (Å²) in [6, 6.07) is 2.70. The topological polar surface area (TPSA) is 86.5 Å². The highest BCUT2D eigenvalue weighted by Gasteiger charge is 2.22. The van der Waals surface area contributed by atoms with Gasteiger partial charge in [-0.25, -0.2) is 0 Å².